The summed E-state index contributed by atoms with van der Waals surface area (Å²) in [6, 6.07) is 12.2. The van der Waals surface area contributed by atoms with Gasteiger partial charge >= 0.3 is 5.97 Å². The topological polar surface area (TPSA) is 114 Å². The molecule has 2 aromatic rings. The summed E-state index contributed by atoms with van der Waals surface area (Å²) in [6.45, 7) is 4.19. The van der Waals surface area contributed by atoms with E-state index in [0.717, 1.165) is 24.2 Å². The molecule has 1 unspecified atom stereocenters. The summed E-state index contributed by atoms with van der Waals surface area (Å²) < 4.78 is 11.2. The summed E-state index contributed by atoms with van der Waals surface area (Å²) in [7, 11) is 0. The second-order valence-corrected chi connectivity index (χ2v) is 7.62. The van der Waals surface area contributed by atoms with Gasteiger partial charge < -0.3 is 20.5 Å². The SMILES string of the molecule is CCOC(=O)CCC1(C)CCc2cc(NC(=O)c3ccc(C(=N)N)cc3)ccc2O1. The number of nitrogen functional groups attached to an aromatic ring is 1. The van der Waals surface area contributed by atoms with Crippen LogP contribution in [0.15, 0.2) is 42.5 Å². The van der Waals surface area contributed by atoms with E-state index in [-0.39, 0.29) is 17.7 Å². The van der Waals surface area contributed by atoms with Crippen molar-refractivity contribution in [1.82, 2.24) is 0 Å². The van der Waals surface area contributed by atoms with Crippen molar-refractivity contribution >= 4 is 23.4 Å². The van der Waals surface area contributed by atoms with E-state index in [0.29, 0.717) is 36.3 Å². The molecule has 7 heteroatoms. The number of anilines is 1. The van der Waals surface area contributed by atoms with Gasteiger partial charge in [-0.25, -0.2) is 0 Å². The zero-order valence-corrected chi connectivity index (χ0v) is 17.3. The molecule has 0 fully saturated rings. The predicted molar refractivity (Wildman–Crippen MR) is 115 cm³/mol. The second-order valence-electron chi connectivity index (χ2n) is 7.62. The lowest BCUT2D eigenvalue weighted by molar-refractivity contribution is -0.144. The molecule has 1 aliphatic rings. The highest BCUT2D eigenvalue weighted by Crippen LogP contribution is 2.37. The third kappa shape index (κ3) is 5.17. The molecule has 0 aromatic heterocycles. The number of hydrogen-bond acceptors (Lipinski definition) is 5. The molecular weight excluding hydrogens is 382 g/mol. The summed E-state index contributed by atoms with van der Waals surface area (Å²) in [5.41, 5.74) is 7.80. The Balaban J connectivity index is 1.63. The molecule has 30 heavy (non-hydrogen) atoms. The number of nitrogens with two attached hydrogens (primary N) is 1. The van der Waals surface area contributed by atoms with E-state index in [1.54, 1.807) is 37.3 Å². The third-order valence-corrected chi connectivity index (χ3v) is 5.22. The molecule has 7 nitrogen and oxygen atoms in total. The number of nitrogens with one attached hydrogen (secondary N) is 2. The van der Waals surface area contributed by atoms with E-state index in [1.165, 1.54) is 0 Å². The molecule has 0 saturated heterocycles. The van der Waals surface area contributed by atoms with Gasteiger partial charge in [-0.1, -0.05) is 12.1 Å². The van der Waals surface area contributed by atoms with Crippen LogP contribution < -0.4 is 15.8 Å². The van der Waals surface area contributed by atoms with Crippen LogP contribution in [0.3, 0.4) is 0 Å². The minimum absolute atomic E-state index is 0.0362. The molecule has 0 bridgehead atoms. The van der Waals surface area contributed by atoms with Crippen molar-refractivity contribution in [3.05, 3.63) is 59.2 Å². The monoisotopic (exact) mass is 409 g/mol. The van der Waals surface area contributed by atoms with Gasteiger partial charge in [-0.15, -0.1) is 0 Å². The van der Waals surface area contributed by atoms with Gasteiger partial charge in [0.1, 0.15) is 17.2 Å². The van der Waals surface area contributed by atoms with Crippen molar-refractivity contribution in [1.29, 1.82) is 5.41 Å². The minimum Gasteiger partial charge on any atom is -0.487 e. The van der Waals surface area contributed by atoms with Gasteiger partial charge in [0, 0.05) is 23.2 Å². The smallest absolute Gasteiger partial charge is 0.305 e. The van der Waals surface area contributed by atoms with Gasteiger partial charge in [0.25, 0.3) is 5.91 Å². The first-order valence-corrected chi connectivity index (χ1v) is 10.0. The van der Waals surface area contributed by atoms with Crippen molar-refractivity contribution in [3.63, 3.8) is 0 Å². The Kier molecular flexibility index (Phi) is 6.40. The van der Waals surface area contributed by atoms with Crippen molar-refractivity contribution in [2.75, 3.05) is 11.9 Å². The Morgan fingerprint density at radius 1 is 1.20 bits per heavy atom. The van der Waals surface area contributed by atoms with Crippen LogP contribution in [0.5, 0.6) is 5.75 Å². The summed E-state index contributed by atoms with van der Waals surface area (Å²) in [4.78, 5) is 24.2. The Morgan fingerprint density at radius 3 is 2.57 bits per heavy atom. The molecule has 1 amide bonds. The van der Waals surface area contributed by atoms with E-state index in [1.807, 2.05) is 19.1 Å². The Labute approximate surface area is 176 Å². The highest BCUT2D eigenvalue weighted by molar-refractivity contribution is 6.05. The highest BCUT2D eigenvalue weighted by Gasteiger charge is 2.32. The lowest BCUT2D eigenvalue weighted by Gasteiger charge is -2.36. The van der Waals surface area contributed by atoms with Gasteiger partial charge in [0.15, 0.2) is 0 Å². The maximum absolute atomic E-state index is 12.5. The third-order valence-electron chi connectivity index (χ3n) is 5.22. The van der Waals surface area contributed by atoms with Crippen LogP contribution in [-0.2, 0) is 16.0 Å². The first-order valence-electron chi connectivity index (χ1n) is 10.0. The molecule has 0 aliphatic carbocycles. The molecule has 1 aliphatic heterocycles. The van der Waals surface area contributed by atoms with Gasteiger partial charge in [-0.2, -0.15) is 0 Å². The number of esters is 1. The van der Waals surface area contributed by atoms with Gasteiger partial charge in [0.05, 0.1) is 6.61 Å². The van der Waals surface area contributed by atoms with Gasteiger partial charge in [-0.05, 0) is 69.0 Å². The van der Waals surface area contributed by atoms with Crippen molar-refractivity contribution in [3.8, 4) is 5.75 Å². The first-order chi connectivity index (χ1) is 14.3. The second kappa shape index (κ2) is 8.98. The molecule has 0 saturated carbocycles. The van der Waals surface area contributed by atoms with Crippen LogP contribution in [0.2, 0.25) is 0 Å². The molecule has 4 N–H and O–H groups in total. The zero-order valence-electron chi connectivity index (χ0n) is 17.3. The quantitative estimate of drug-likeness (QED) is 0.367. The Hall–Kier alpha value is -3.35. The zero-order chi connectivity index (χ0) is 21.7. The summed E-state index contributed by atoms with van der Waals surface area (Å²) in [6.07, 6.45) is 2.51. The molecule has 1 heterocycles. The lowest BCUT2D eigenvalue weighted by atomic mass is 9.88. The Morgan fingerprint density at radius 2 is 1.90 bits per heavy atom. The summed E-state index contributed by atoms with van der Waals surface area (Å²) in [5.74, 6) is 0.297. The van der Waals surface area contributed by atoms with Crippen molar-refractivity contribution in [2.24, 2.45) is 5.73 Å². The number of amidine groups is 1. The number of carbonyl (C=O) groups excluding carboxylic acids is 2. The fraction of sp³-hybridized carbons (Fsp3) is 0.348. The van der Waals surface area contributed by atoms with Gasteiger partial charge in [0.2, 0.25) is 0 Å². The van der Waals surface area contributed by atoms with Crippen LogP contribution in [0.4, 0.5) is 5.69 Å². The van der Waals surface area contributed by atoms with Crippen LogP contribution >= 0.6 is 0 Å². The number of hydrogen-bond donors (Lipinski definition) is 3. The fourth-order valence-electron chi connectivity index (χ4n) is 3.45. The van der Waals surface area contributed by atoms with Crippen molar-refractivity contribution < 1.29 is 19.1 Å². The molecule has 0 radical (unpaired) electrons. The minimum atomic E-state index is -0.414. The van der Waals surface area contributed by atoms with Crippen LogP contribution in [0, 0.1) is 5.41 Å². The number of rotatable bonds is 7. The predicted octanol–water partition coefficient (Wildman–Crippen LogP) is 3.65. The molecule has 1 atom stereocenters. The van der Waals surface area contributed by atoms with Crippen LogP contribution in [0.1, 0.15) is 54.6 Å². The first kappa shape index (κ1) is 21.4. The molecule has 158 valence electrons. The van der Waals surface area contributed by atoms with E-state index >= 15 is 0 Å². The van der Waals surface area contributed by atoms with E-state index in [2.05, 4.69) is 5.32 Å². The summed E-state index contributed by atoms with van der Waals surface area (Å²) >= 11 is 0. The molecule has 3 rings (SSSR count). The lowest BCUT2D eigenvalue weighted by Crippen LogP contribution is -2.37. The Bertz CT molecular complexity index is 955. The van der Waals surface area contributed by atoms with E-state index in [9.17, 15) is 9.59 Å². The number of ether oxygens (including phenoxy) is 2. The van der Waals surface area contributed by atoms with Crippen LogP contribution in [-0.4, -0.2) is 29.9 Å². The molecule has 0 spiro atoms. The molecular formula is C23H27N3O4. The van der Waals surface area contributed by atoms with Crippen molar-refractivity contribution in [2.45, 2.75) is 45.1 Å². The average molecular weight is 409 g/mol. The number of aryl methyl sites for hydroxylation is 1. The van der Waals surface area contributed by atoms with E-state index in [4.69, 9.17) is 20.6 Å². The number of fused-ring (bicyclic) bond motifs is 1. The number of amides is 1. The largest absolute Gasteiger partial charge is 0.487 e. The molecule has 2 aromatic carbocycles. The fourth-order valence-corrected chi connectivity index (χ4v) is 3.45. The van der Waals surface area contributed by atoms with Crippen LogP contribution in [0.25, 0.3) is 0 Å². The highest BCUT2D eigenvalue weighted by atomic mass is 16.5. The number of carbonyl (C=O) groups is 2. The van der Waals surface area contributed by atoms with Gasteiger partial charge in [-0.3, -0.25) is 15.0 Å². The normalized spacial score (nSPS) is 17.4. The summed E-state index contributed by atoms with van der Waals surface area (Å²) in [5, 5.41) is 10.3. The maximum atomic E-state index is 12.5. The average Bonchev–Trinajstić information content (AvgIpc) is 2.73. The maximum Gasteiger partial charge on any atom is 0.305 e. The van der Waals surface area contributed by atoms with E-state index < -0.39 is 5.60 Å². The number of benzene rings is 2. The standard InChI is InChI=1S/C23H27N3O4/c1-3-29-20(27)11-13-23(2)12-10-17-14-18(8-9-19(17)30-23)26-22(28)16-6-4-15(5-7-16)21(24)25/h4-9,14H,3,10-13H2,1-2H3,(H3,24,25)(H,26,28).